The van der Waals surface area contributed by atoms with Crippen LogP contribution in [-0.2, 0) is 0 Å². The van der Waals surface area contributed by atoms with Crippen molar-refractivity contribution in [2.24, 2.45) is 5.10 Å². The molecule has 0 unspecified atom stereocenters. The van der Waals surface area contributed by atoms with E-state index in [2.05, 4.69) is 26.5 Å². The molecule has 0 bridgehead atoms. The molecule has 23 heavy (non-hydrogen) atoms. The number of amides is 1. The van der Waals surface area contributed by atoms with Crippen molar-refractivity contribution >= 4 is 33.7 Å². The molecule has 118 valence electrons. The number of carbonyl (C=O) groups is 1. The van der Waals surface area contributed by atoms with Crippen molar-refractivity contribution in [1.29, 1.82) is 0 Å². The van der Waals surface area contributed by atoms with E-state index >= 15 is 0 Å². The summed E-state index contributed by atoms with van der Waals surface area (Å²) in [6.07, 6.45) is 1.14. The third-order valence-electron chi connectivity index (χ3n) is 2.96. The van der Waals surface area contributed by atoms with E-state index in [9.17, 15) is 20.0 Å². The second-order valence-corrected chi connectivity index (χ2v) is 5.60. The lowest BCUT2D eigenvalue weighted by Gasteiger charge is -2.02. The number of phenols is 1. The number of nitro groups is 1. The van der Waals surface area contributed by atoms with Crippen LogP contribution in [0, 0.1) is 17.0 Å². The maximum absolute atomic E-state index is 11.9. The maximum atomic E-state index is 11.9. The molecule has 7 nitrogen and oxygen atoms in total. The summed E-state index contributed by atoms with van der Waals surface area (Å²) in [7, 11) is 0. The second kappa shape index (κ2) is 7.01. The molecule has 2 rings (SSSR count). The fraction of sp³-hybridized carbons (Fsp3) is 0.0667. The molecular formula is C15H12BrN3O4. The highest BCUT2D eigenvalue weighted by Gasteiger charge is 2.17. The Bertz CT molecular complexity index is 788. The average Bonchev–Trinajstić information content (AvgIpc) is 2.50. The van der Waals surface area contributed by atoms with Crippen molar-refractivity contribution in [2.45, 2.75) is 6.92 Å². The van der Waals surface area contributed by atoms with E-state index in [0.29, 0.717) is 10.0 Å². The van der Waals surface area contributed by atoms with Crippen LogP contribution in [0.1, 0.15) is 21.5 Å². The number of halogens is 1. The van der Waals surface area contributed by atoms with Gasteiger partial charge >= 0.3 is 5.69 Å². The summed E-state index contributed by atoms with van der Waals surface area (Å²) in [4.78, 5) is 22.0. The number of carbonyl (C=O) groups excluding carboxylic acids is 1. The number of benzene rings is 2. The monoisotopic (exact) mass is 377 g/mol. The van der Waals surface area contributed by atoms with Crippen LogP contribution in [0.2, 0.25) is 0 Å². The van der Waals surface area contributed by atoms with Crippen molar-refractivity contribution in [3.63, 3.8) is 0 Å². The standard InChI is InChI=1S/C15H12BrN3O4/c1-9-2-4-10(5-3-9)15(21)18-17-8-11-6-12(16)7-13(14(11)20)19(22)23/h2-8,20H,1H3,(H,18,21). The van der Waals surface area contributed by atoms with Gasteiger partial charge in [0.25, 0.3) is 5.91 Å². The molecule has 0 radical (unpaired) electrons. The fourth-order valence-electron chi connectivity index (χ4n) is 1.77. The Hall–Kier alpha value is -2.74. The third-order valence-corrected chi connectivity index (χ3v) is 3.42. The summed E-state index contributed by atoms with van der Waals surface area (Å²) in [5.41, 5.74) is 3.40. The van der Waals surface area contributed by atoms with Gasteiger partial charge in [0, 0.05) is 21.7 Å². The molecule has 0 atom stereocenters. The molecule has 2 aromatic rings. The van der Waals surface area contributed by atoms with Crippen LogP contribution in [0.5, 0.6) is 5.75 Å². The van der Waals surface area contributed by atoms with Crippen molar-refractivity contribution < 1.29 is 14.8 Å². The zero-order valence-electron chi connectivity index (χ0n) is 12.0. The van der Waals surface area contributed by atoms with Gasteiger partial charge in [0.2, 0.25) is 5.75 Å². The maximum Gasteiger partial charge on any atom is 0.312 e. The Balaban J connectivity index is 2.16. The molecule has 0 saturated heterocycles. The molecular weight excluding hydrogens is 366 g/mol. The van der Waals surface area contributed by atoms with E-state index in [4.69, 9.17) is 0 Å². The minimum atomic E-state index is -0.706. The second-order valence-electron chi connectivity index (χ2n) is 4.69. The van der Waals surface area contributed by atoms with Gasteiger partial charge < -0.3 is 5.11 Å². The van der Waals surface area contributed by atoms with Gasteiger partial charge in [-0.2, -0.15) is 5.10 Å². The van der Waals surface area contributed by atoms with Gasteiger partial charge in [-0.1, -0.05) is 33.6 Å². The van der Waals surface area contributed by atoms with E-state index in [0.717, 1.165) is 11.8 Å². The number of phenolic OH excluding ortho intramolecular Hbond substituents is 1. The molecule has 0 aromatic heterocycles. The zero-order chi connectivity index (χ0) is 17.0. The summed E-state index contributed by atoms with van der Waals surface area (Å²) in [6, 6.07) is 9.52. The van der Waals surface area contributed by atoms with Crippen LogP contribution in [0.4, 0.5) is 5.69 Å². The number of aryl methyl sites for hydroxylation is 1. The number of hydrogen-bond donors (Lipinski definition) is 2. The Morgan fingerprint density at radius 3 is 2.61 bits per heavy atom. The van der Waals surface area contributed by atoms with Crippen LogP contribution >= 0.6 is 15.9 Å². The van der Waals surface area contributed by atoms with E-state index in [1.54, 1.807) is 24.3 Å². The number of rotatable bonds is 4. The lowest BCUT2D eigenvalue weighted by Crippen LogP contribution is -2.17. The lowest BCUT2D eigenvalue weighted by atomic mass is 10.1. The molecule has 0 aliphatic rings. The zero-order valence-corrected chi connectivity index (χ0v) is 13.6. The minimum Gasteiger partial charge on any atom is -0.502 e. The van der Waals surface area contributed by atoms with Gasteiger partial charge in [0.05, 0.1) is 11.1 Å². The van der Waals surface area contributed by atoms with E-state index in [-0.39, 0.29) is 5.56 Å². The summed E-state index contributed by atoms with van der Waals surface area (Å²) < 4.78 is 0.410. The predicted molar refractivity (Wildman–Crippen MR) is 88.7 cm³/mol. The number of hydrazone groups is 1. The van der Waals surface area contributed by atoms with Crippen LogP contribution < -0.4 is 5.43 Å². The first-order valence-electron chi connectivity index (χ1n) is 6.45. The van der Waals surface area contributed by atoms with Crippen LogP contribution in [0.15, 0.2) is 46.0 Å². The van der Waals surface area contributed by atoms with Crippen LogP contribution in [0.3, 0.4) is 0 Å². The van der Waals surface area contributed by atoms with E-state index in [1.807, 2.05) is 6.92 Å². The van der Waals surface area contributed by atoms with Gasteiger partial charge in [-0.3, -0.25) is 14.9 Å². The quantitative estimate of drug-likeness (QED) is 0.484. The molecule has 2 aromatic carbocycles. The smallest absolute Gasteiger partial charge is 0.312 e. The Morgan fingerprint density at radius 2 is 2.00 bits per heavy atom. The first kappa shape index (κ1) is 16.6. The van der Waals surface area contributed by atoms with Crippen LogP contribution in [0.25, 0.3) is 0 Å². The Morgan fingerprint density at radius 1 is 1.35 bits per heavy atom. The number of nitro benzene ring substituents is 1. The largest absolute Gasteiger partial charge is 0.502 e. The molecule has 1 amide bonds. The minimum absolute atomic E-state index is 0.107. The highest BCUT2D eigenvalue weighted by atomic mass is 79.9. The third kappa shape index (κ3) is 4.13. The predicted octanol–water partition coefficient (Wildman–Crippen LogP) is 3.14. The summed E-state index contributed by atoms with van der Waals surface area (Å²) in [6.45, 7) is 1.91. The molecule has 2 N–H and O–H groups in total. The molecule has 0 heterocycles. The molecule has 8 heteroatoms. The molecule has 0 saturated carbocycles. The number of hydrogen-bond acceptors (Lipinski definition) is 5. The summed E-state index contributed by atoms with van der Waals surface area (Å²) in [5, 5.41) is 24.4. The average molecular weight is 378 g/mol. The molecule has 0 fully saturated rings. The number of nitrogens with one attached hydrogen (secondary N) is 1. The lowest BCUT2D eigenvalue weighted by molar-refractivity contribution is -0.385. The molecule has 0 spiro atoms. The van der Waals surface area contributed by atoms with E-state index < -0.39 is 22.3 Å². The van der Waals surface area contributed by atoms with Crippen molar-refractivity contribution in [3.05, 3.63) is 67.7 Å². The first-order chi connectivity index (χ1) is 10.9. The van der Waals surface area contributed by atoms with Crippen molar-refractivity contribution in [2.75, 3.05) is 0 Å². The number of nitrogens with zero attached hydrogens (tertiary/aromatic N) is 2. The fourth-order valence-corrected chi connectivity index (χ4v) is 2.24. The van der Waals surface area contributed by atoms with Gasteiger partial charge in [-0.05, 0) is 25.1 Å². The Labute approximate surface area is 139 Å². The SMILES string of the molecule is Cc1ccc(C(=O)NN=Cc2cc(Br)cc([N+](=O)[O-])c2O)cc1. The summed E-state index contributed by atoms with van der Waals surface area (Å²) in [5.74, 6) is -0.947. The summed E-state index contributed by atoms with van der Waals surface area (Å²) >= 11 is 3.12. The highest BCUT2D eigenvalue weighted by molar-refractivity contribution is 9.10. The molecule has 0 aliphatic carbocycles. The van der Waals surface area contributed by atoms with Gasteiger partial charge in [0.15, 0.2) is 0 Å². The number of aromatic hydroxyl groups is 1. The van der Waals surface area contributed by atoms with Crippen molar-refractivity contribution in [3.8, 4) is 5.75 Å². The first-order valence-corrected chi connectivity index (χ1v) is 7.25. The van der Waals surface area contributed by atoms with Gasteiger partial charge in [-0.25, -0.2) is 5.43 Å². The highest BCUT2D eigenvalue weighted by Crippen LogP contribution is 2.32. The van der Waals surface area contributed by atoms with Gasteiger partial charge in [0.1, 0.15) is 0 Å². The topological polar surface area (TPSA) is 105 Å². The van der Waals surface area contributed by atoms with Gasteiger partial charge in [-0.15, -0.1) is 0 Å². The van der Waals surface area contributed by atoms with Crippen LogP contribution in [-0.4, -0.2) is 22.2 Å². The van der Waals surface area contributed by atoms with E-state index in [1.165, 1.54) is 12.1 Å². The Kier molecular flexibility index (Phi) is 5.07. The normalized spacial score (nSPS) is 10.7. The van der Waals surface area contributed by atoms with Crippen molar-refractivity contribution in [1.82, 2.24) is 5.43 Å². The molecule has 0 aliphatic heterocycles.